The Morgan fingerprint density at radius 3 is 2.87 bits per heavy atom. The minimum Gasteiger partial charge on any atom is -0.490 e. The first-order valence-electron chi connectivity index (χ1n) is 4.88. The van der Waals surface area contributed by atoms with E-state index in [-0.39, 0.29) is 5.82 Å². The monoisotopic (exact) mass is 229 g/mol. The number of hydrogen-bond donors (Lipinski definition) is 1. The van der Waals surface area contributed by atoms with Crippen LogP contribution in [-0.4, -0.2) is 25.2 Å². The molecule has 0 aliphatic rings. The second kappa shape index (κ2) is 6.69. The van der Waals surface area contributed by atoms with E-state index in [1.54, 1.807) is 17.8 Å². The van der Waals surface area contributed by atoms with E-state index in [1.165, 1.54) is 6.07 Å². The first-order valence-corrected chi connectivity index (χ1v) is 6.27. The average molecular weight is 229 g/mol. The van der Waals surface area contributed by atoms with E-state index in [0.717, 1.165) is 11.3 Å². The van der Waals surface area contributed by atoms with Crippen LogP contribution < -0.4 is 10.5 Å². The molecule has 0 bridgehead atoms. The highest BCUT2D eigenvalue weighted by Crippen LogP contribution is 2.18. The molecule has 15 heavy (non-hydrogen) atoms. The van der Waals surface area contributed by atoms with Crippen molar-refractivity contribution in [1.29, 1.82) is 0 Å². The van der Waals surface area contributed by atoms with Crippen molar-refractivity contribution in [1.82, 2.24) is 0 Å². The molecule has 84 valence electrons. The Morgan fingerprint density at radius 2 is 2.27 bits per heavy atom. The largest absolute Gasteiger partial charge is 0.490 e. The Kier molecular flexibility index (Phi) is 5.50. The fourth-order valence-corrected chi connectivity index (χ4v) is 1.47. The molecule has 1 rings (SSSR count). The van der Waals surface area contributed by atoms with Crippen molar-refractivity contribution >= 4 is 11.8 Å². The van der Waals surface area contributed by atoms with E-state index in [4.69, 9.17) is 10.5 Å². The SMILES string of the molecule is CSCCOc1ccc(CCN)cc1F. The highest BCUT2D eigenvalue weighted by atomic mass is 32.2. The van der Waals surface area contributed by atoms with Crippen LogP contribution in [0.5, 0.6) is 5.75 Å². The van der Waals surface area contributed by atoms with Crippen molar-refractivity contribution in [3.8, 4) is 5.75 Å². The van der Waals surface area contributed by atoms with Crippen LogP contribution in [0.4, 0.5) is 4.39 Å². The summed E-state index contributed by atoms with van der Waals surface area (Å²) in [4.78, 5) is 0. The molecule has 2 nitrogen and oxygen atoms in total. The highest BCUT2D eigenvalue weighted by Gasteiger charge is 2.03. The van der Waals surface area contributed by atoms with Gasteiger partial charge < -0.3 is 10.5 Å². The summed E-state index contributed by atoms with van der Waals surface area (Å²) in [5.74, 6) is 0.885. The summed E-state index contributed by atoms with van der Waals surface area (Å²) in [6.07, 6.45) is 2.69. The molecule has 0 atom stereocenters. The predicted octanol–water partition coefficient (Wildman–Crippen LogP) is 2.07. The van der Waals surface area contributed by atoms with Crippen LogP contribution in [0.25, 0.3) is 0 Å². The van der Waals surface area contributed by atoms with Crippen LogP contribution >= 0.6 is 11.8 Å². The highest BCUT2D eigenvalue weighted by molar-refractivity contribution is 7.98. The smallest absolute Gasteiger partial charge is 0.165 e. The van der Waals surface area contributed by atoms with Crippen molar-refractivity contribution < 1.29 is 9.13 Å². The lowest BCUT2D eigenvalue weighted by molar-refractivity contribution is 0.324. The Bertz CT molecular complexity index is 307. The van der Waals surface area contributed by atoms with Gasteiger partial charge in [-0.1, -0.05) is 6.07 Å². The number of nitrogens with two attached hydrogens (primary N) is 1. The molecule has 0 aromatic heterocycles. The third-order valence-corrected chi connectivity index (χ3v) is 2.55. The molecule has 0 heterocycles. The van der Waals surface area contributed by atoms with Crippen LogP contribution in [0.1, 0.15) is 5.56 Å². The maximum Gasteiger partial charge on any atom is 0.165 e. The molecule has 2 N–H and O–H groups in total. The van der Waals surface area contributed by atoms with Crippen molar-refractivity contribution in [2.45, 2.75) is 6.42 Å². The molecule has 1 aromatic carbocycles. The topological polar surface area (TPSA) is 35.2 Å². The summed E-state index contributed by atoms with van der Waals surface area (Å²) in [5.41, 5.74) is 6.30. The predicted molar refractivity (Wildman–Crippen MR) is 63.0 cm³/mol. The molecule has 0 spiro atoms. The summed E-state index contributed by atoms with van der Waals surface area (Å²) in [6, 6.07) is 5.01. The molecule has 0 unspecified atom stereocenters. The zero-order valence-corrected chi connectivity index (χ0v) is 9.65. The fourth-order valence-electron chi connectivity index (χ4n) is 1.22. The molecule has 0 saturated carbocycles. The van der Waals surface area contributed by atoms with Gasteiger partial charge in [-0.2, -0.15) is 11.8 Å². The Balaban J connectivity index is 2.58. The minimum absolute atomic E-state index is 0.304. The van der Waals surface area contributed by atoms with Gasteiger partial charge >= 0.3 is 0 Å². The molecule has 4 heteroatoms. The van der Waals surface area contributed by atoms with E-state index in [2.05, 4.69) is 0 Å². The van der Waals surface area contributed by atoms with Crippen LogP contribution in [0.3, 0.4) is 0 Å². The summed E-state index contributed by atoms with van der Waals surface area (Å²) < 4.78 is 18.7. The van der Waals surface area contributed by atoms with Gasteiger partial charge in [0.1, 0.15) is 0 Å². The average Bonchev–Trinajstić information content (AvgIpc) is 2.22. The second-order valence-corrected chi connectivity index (χ2v) is 4.13. The van der Waals surface area contributed by atoms with Crippen molar-refractivity contribution in [2.24, 2.45) is 5.73 Å². The number of rotatable bonds is 6. The standard InChI is InChI=1S/C11H16FNOS/c1-15-7-6-14-11-3-2-9(4-5-13)8-10(11)12/h2-3,8H,4-7,13H2,1H3. The summed E-state index contributed by atoms with van der Waals surface area (Å²) in [6.45, 7) is 1.07. The second-order valence-electron chi connectivity index (χ2n) is 3.14. The van der Waals surface area contributed by atoms with Gasteiger partial charge in [0, 0.05) is 5.75 Å². The molecule has 0 aliphatic heterocycles. The van der Waals surface area contributed by atoms with Crippen LogP contribution in [-0.2, 0) is 6.42 Å². The lowest BCUT2D eigenvalue weighted by atomic mass is 10.1. The number of thioether (sulfide) groups is 1. The van der Waals surface area contributed by atoms with Crippen molar-refractivity contribution in [3.05, 3.63) is 29.6 Å². The maximum absolute atomic E-state index is 13.4. The van der Waals surface area contributed by atoms with Crippen LogP contribution in [0, 0.1) is 5.82 Å². The van der Waals surface area contributed by atoms with Gasteiger partial charge in [-0.15, -0.1) is 0 Å². The number of hydrogen-bond acceptors (Lipinski definition) is 3. The van der Waals surface area contributed by atoms with Gasteiger partial charge in [0.15, 0.2) is 11.6 Å². The molecule has 1 aromatic rings. The number of benzene rings is 1. The normalized spacial score (nSPS) is 10.3. The Labute approximate surface area is 94.0 Å². The van der Waals surface area contributed by atoms with Gasteiger partial charge in [-0.25, -0.2) is 4.39 Å². The molecule has 0 radical (unpaired) electrons. The first-order chi connectivity index (χ1) is 7.27. The van der Waals surface area contributed by atoms with Gasteiger partial charge in [0.25, 0.3) is 0 Å². The third-order valence-electron chi connectivity index (χ3n) is 1.97. The first kappa shape index (κ1) is 12.3. The zero-order chi connectivity index (χ0) is 11.1. The van der Waals surface area contributed by atoms with Crippen molar-refractivity contribution in [2.75, 3.05) is 25.2 Å². The number of ether oxygens (including phenoxy) is 1. The minimum atomic E-state index is -0.304. The lowest BCUT2D eigenvalue weighted by Crippen LogP contribution is -2.04. The maximum atomic E-state index is 13.4. The Hall–Kier alpha value is -0.740. The summed E-state index contributed by atoms with van der Waals surface area (Å²) in [7, 11) is 0. The van der Waals surface area contributed by atoms with Crippen molar-refractivity contribution in [3.63, 3.8) is 0 Å². The zero-order valence-electron chi connectivity index (χ0n) is 8.83. The van der Waals surface area contributed by atoms with Gasteiger partial charge in [0.05, 0.1) is 6.61 Å². The molecule has 0 fully saturated rings. The van der Waals surface area contributed by atoms with Gasteiger partial charge in [-0.05, 0) is 36.9 Å². The van der Waals surface area contributed by atoms with Crippen LogP contribution in [0.15, 0.2) is 18.2 Å². The van der Waals surface area contributed by atoms with E-state index >= 15 is 0 Å². The molecule has 0 amide bonds. The molecular formula is C11H16FNOS. The summed E-state index contributed by atoms with van der Waals surface area (Å²) in [5, 5.41) is 0. The van der Waals surface area contributed by atoms with E-state index in [1.807, 2.05) is 12.3 Å². The molecule has 0 saturated heterocycles. The quantitative estimate of drug-likeness (QED) is 0.758. The lowest BCUT2D eigenvalue weighted by Gasteiger charge is -2.07. The van der Waals surface area contributed by atoms with E-state index in [0.29, 0.717) is 25.3 Å². The Morgan fingerprint density at radius 1 is 1.47 bits per heavy atom. The van der Waals surface area contributed by atoms with Gasteiger partial charge in [-0.3, -0.25) is 0 Å². The molecular weight excluding hydrogens is 213 g/mol. The number of halogens is 1. The van der Waals surface area contributed by atoms with E-state index in [9.17, 15) is 4.39 Å². The fraction of sp³-hybridized carbons (Fsp3) is 0.455. The third kappa shape index (κ3) is 4.10. The summed E-state index contributed by atoms with van der Waals surface area (Å²) >= 11 is 1.67. The van der Waals surface area contributed by atoms with E-state index < -0.39 is 0 Å². The van der Waals surface area contributed by atoms with Gasteiger partial charge in [0.2, 0.25) is 0 Å². The molecule has 0 aliphatic carbocycles. The van der Waals surface area contributed by atoms with Crippen LogP contribution in [0.2, 0.25) is 0 Å².